The monoisotopic (exact) mass is 245 g/mol. The Bertz CT molecular complexity index is 372. The molecule has 1 unspecified atom stereocenters. The number of hydrogen-bond acceptors (Lipinski definition) is 3. The third kappa shape index (κ3) is 3.33. The summed E-state index contributed by atoms with van der Waals surface area (Å²) < 4.78 is 37.2. The first-order valence-corrected chi connectivity index (χ1v) is 5.54. The molecule has 17 heavy (non-hydrogen) atoms. The van der Waals surface area contributed by atoms with Gasteiger partial charge in [0.25, 0.3) is 0 Å². The highest BCUT2D eigenvalue weighted by Crippen LogP contribution is 2.28. The first-order valence-electron chi connectivity index (χ1n) is 5.54. The van der Waals surface area contributed by atoms with Crippen LogP contribution in [0, 0.1) is 5.92 Å². The summed E-state index contributed by atoms with van der Waals surface area (Å²) >= 11 is 0. The van der Waals surface area contributed by atoms with Crippen LogP contribution in [0.1, 0.15) is 12.1 Å². The van der Waals surface area contributed by atoms with E-state index in [4.69, 9.17) is 0 Å². The number of nitrogens with one attached hydrogen (secondary N) is 2. The van der Waals surface area contributed by atoms with E-state index in [0.717, 1.165) is 25.6 Å². The van der Waals surface area contributed by atoms with Gasteiger partial charge in [0.15, 0.2) is 0 Å². The molecule has 0 radical (unpaired) electrons. The summed E-state index contributed by atoms with van der Waals surface area (Å²) in [5.74, 6) is 0.748. The Morgan fingerprint density at radius 2 is 2.24 bits per heavy atom. The van der Waals surface area contributed by atoms with Gasteiger partial charge in [-0.25, -0.2) is 4.98 Å². The van der Waals surface area contributed by atoms with Crippen LogP contribution in [-0.4, -0.2) is 24.6 Å². The molecule has 1 atom stereocenters. The lowest BCUT2D eigenvalue weighted by molar-refractivity contribution is -0.141. The average Bonchev–Trinajstić information content (AvgIpc) is 2.78. The largest absolute Gasteiger partial charge is 0.433 e. The molecule has 0 spiro atoms. The molecular formula is C11H14F3N3. The summed E-state index contributed by atoms with van der Waals surface area (Å²) in [6.45, 7) is 2.54. The molecule has 1 aromatic heterocycles. The van der Waals surface area contributed by atoms with Crippen LogP contribution in [0.15, 0.2) is 18.2 Å². The topological polar surface area (TPSA) is 37.0 Å². The molecule has 1 aliphatic rings. The molecule has 0 saturated carbocycles. The van der Waals surface area contributed by atoms with Gasteiger partial charge in [0.05, 0.1) is 0 Å². The van der Waals surface area contributed by atoms with Crippen molar-refractivity contribution in [1.29, 1.82) is 0 Å². The normalized spacial score (nSPS) is 20.5. The first kappa shape index (κ1) is 12.2. The third-order valence-corrected chi connectivity index (χ3v) is 2.77. The summed E-state index contributed by atoms with van der Waals surface area (Å²) in [4.78, 5) is 3.55. The maximum Gasteiger partial charge on any atom is 0.433 e. The second-order valence-corrected chi connectivity index (χ2v) is 4.15. The van der Waals surface area contributed by atoms with Gasteiger partial charge in [0, 0.05) is 6.54 Å². The van der Waals surface area contributed by atoms with E-state index in [2.05, 4.69) is 15.6 Å². The quantitative estimate of drug-likeness (QED) is 0.856. The fourth-order valence-corrected chi connectivity index (χ4v) is 1.83. The highest BCUT2D eigenvalue weighted by Gasteiger charge is 2.32. The van der Waals surface area contributed by atoms with E-state index < -0.39 is 11.9 Å². The van der Waals surface area contributed by atoms with Crippen molar-refractivity contribution in [3.05, 3.63) is 23.9 Å². The number of halogens is 3. The minimum absolute atomic E-state index is 0.284. The minimum atomic E-state index is -4.38. The van der Waals surface area contributed by atoms with Crippen LogP contribution >= 0.6 is 0 Å². The Hall–Kier alpha value is -1.30. The van der Waals surface area contributed by atoms with Crippen molar-refractivity contribution in [2.24, 2.45) is 5.92 Å². The van der Waals surface area contributed by atoms with E-state index in [1.807, 2.05) is 0 Å². The number of alkyl halides is 3. The average molecular weight is 245 g/mol. The lowest BCUT2D eigenvalue weighted by Crippen LogP contribution is -2.18. The zero-order valence-electron chi connectivity index (χ0n) is 9.22. The molecule has 0 bridgehead atoms. The maximum atomic E-state index is 12.4. The number of hydrogen-bond donors (Lipinski definition) is 2. The van der Waals surface area contributed by atoms with Gasteiger partial charge < -0.3 is 10.6 Å². The lowest BCUT2D eigenvalue weighted by atomic mass is 10.1. The van der Waals surface area contributed by atoms with E-state index in [1.54, 1.807) is 6.07 Å². The zero-order chi connectivity index (χ0) is 12.3. The zero-order valence-corrected chi connectivity index (χ0v) is 9.22. The number of nitrogens with zero attached hydrogens (tertiary/aromatic N) is 1. The van der Waals surface area contributed by atoms with Crippen molar-refractivity contribution in [1.82, 2.24) is 10.3 Å². The van der Waals surface area contributed by atoms with Crippen molar-refractivity contribution in [3.8, 4) is 0 Å². The number of aromatic nitrogens is 1. The molecule has 2 rings (SSSR count). The predicted octanol–water partition coefficient (Wildman–Crippen LogP) is 2.12. The van der Waals surface area contributed by atoms with Crippen molar-refractivity contribution in [2.75, 3.05) is 25.0 Å². The minimum Gasteiger partial charge on any atom is -0.370 e. The van der Waals surface area contributed by atoms with Crippen molar-refractivity contribution in [2.45, 2.75) is 12.6 Å². The Morgan fingerprint density at radius 1 is 1.41 bits per heavy atom. The molecule has 2 heterocycles. The van der Waals surface area contributed by atoms with Crippen LogP contribution in [-0.2, 0) is 6.18 Å². The summed E-state index contributed by atoms with van der Waals surface area (Å²) in [6, 6.07) is 3.89. The number of pyridine rings is 1. The van der Waals surface area contributed by atoms with Gasteiger partial charge in [0.1, 0.15) is 11.5 Å². The second-order valence-electron chi connectivity index (χ2n) is 4.15. The van der Waals surface area contributed by atoms with Crippen LogP contribution in [0.3, 0.4) is 0 Å². The second kappa shape index (κ2) is 4.91. The van der Waals surface area contributed by atoms with E-state index in [9.17, 15) is 13.2 Å². The maximum absolute atomic E-state index is 12.4. The Balaban J connectivity index is 1.96. The fourth-order valence-electron chi connectivity index (χ4n) is 1.83. The summed E-state index contributed by atoms with van der Waals surface area (Å²) in [5, 5.41) is 6.15. The molecule has 0 amide bonds. The van der Waals surface area contributed by atoms with Gasteiger partial charge in [0.2, 0.25) is 0 Å². The fraction of sp³-hybridized carbons (Fsp3) is 0.545. The molecule has 2 N–H and O–H groups in total. The van der Waals surface area contributed by atoms with Gasteiger partial charge in [-0.1, -0.05) is 6.07 Å². The van der Waals surface area contributed by atoms with Gasteiger partial charge >= 0.3 is 6.18 Å². The SMILES string of the molecule is FC(F)(F)c1cccc(NCC2CCNC2)n1. The van der Waals surface area contributed by atoms with E-state index >= 15 is 0 Å². The lowest BCUT2D eigenvalue weighted by Gasteiger charge is -2.12. The predicted molar refractivity (Wildman–Crippen MR) is 58.7 cm³/mol. The van der Waals surface area contributed by atoms with E-state index in [-0.39, 0.29) is 5.82 Å². The molecule has 0 aromatic carbocycles. The van der Waals surface area contributed by atoms with Crippen molar-refractivity contribution >= 4 is 5.82 Å². The van der Waals surface area contributed by atoms with E-state index in [0.29, 0.717) is 12.5 Å². The van der Waals surface area contributed by atoms with Crippen LogP contribution in [0.2, 0.25) is 0 Å². The van der Waals surface area contributed by atoms with Crippen LogP contribution in [0.25, 0.3) is 0 Å². The molecule has 1 aromatic rings. The van der Waals surface area contributed by atoms with Gasteiger partial charge in [-0.2, -0.15) is 13.2 Å². The van der Waals surface area contributed by atoms with Crippen LogP contribution < -0.4 is 10.6 Å². The van der Waals surface area contributed by atoms with Gasteiger partial charge in [-0.3, -0.25) is 0 Å². The van der Waals surface area contributed by atoms with Crippen LogP contribution in [0.4, 0.5) is 19.0 Å². The van der Waals surface area contributed by atoms with Crippen molar-refractivity contribution < 1.29 is 13.2 Å². The molecular weight excluding hydrogens is 231 g/mol. The summed E-state index contributed by atoms with van der Waals surface area (Å²) in [5.41, 5.74) is -0.855. The number of rotatable bonds is 3. The standard InChI is InChI=1S/C11H14F3N3/c12-11(13,14)9-2-1-3-10(17-9)16-7-8-4-5-15-6-8/h1-3,8,15H,4-7H2,(H,16,17). The molecule has 3 nitrogen and oxygen atoms in total. The van der Waals surface area contributed by atoms with Crippen LogP contribution in [0.5, 0.6) is 0 Å². The molecule has 0 aliphatic carbocycles. The van der Waals surface area contributed by atoms with Crippen molar-refractivity contribution in [3.63, 3.8) is 0 Å². The number of anilines is 1. The first-order chi connectivity index (χ1) is 8.05. The molecule has 6 heteroatoms. The summed E-state index contributed by atoms with van der Waals surface area (Å²) in [7, 11) is 0. The highest BCUT2D eigenvalue weighted by molar-refractivity contribution is 5.36. The molecule has 1 aliphatic heterocycles. The molecule has 1 fully saturated rings. The smallest absolute Gasteiger partial charge is 0.370 e. The van der Waals surface area contributed by atoms with Gasteiger partial charge in [-0.05, 0) is 37.6 Å². The Labute approximate surface area is 97.4 Å². The molecule has 94 valence electrons. The Morgan fingerprint density at radius 3 is 2.88 bits per heavy atom. The van der Waals surface area contributed by atoms with Gasteiger partial charge in [-0.15, -0.1) is 0 Å². The Kier molecular flexibility index (Phi) is 3.51. The molecule has 1 saturated heterocycles. The summed E-state index contributed by atoms with van der Waals surface area (Å²) in [6.07, 6.45) is -3.33. The van der Waals surface area contributed by atoms with E-state index in [1.165, 1.54) is 6.07 Å². The highest BCUT2D eigenvalue weighted by atomic mass is 19.4. The third-order valence-electron chi connectivity index (χ3n) is 2.77.